The first-order chi connectivity index (χ1) is 9.37. The molecule has 0 aliphatic rings. The summed E-state index contributed by atoms with van der Waals surface area (Å²) in [6.45, 7) is 14.3. The Hall–Kier alpha value is -0.693. The van der Waals surface area contributed by atoms with E-state index in [1.165, 1.54) is 0 Å². The maximum absolute atomic E-state index is 12.4. The SMILES string of the molecule is CC(C)c1cccc(S(=O)(=O)NO[Si](C)(C)C(C)(C)C)c1. The lowest BCUT2D eigenvalue weighted by Crippen LogP contribution is -2.46. The summed E-state index contributed by atoms with van der Waals surface area (Å²) >= 11 is 0. The minimum atomic E-state index is -3.65. The monoisotopic (exact) mass is 329 g/mol. The van der Waals surface area contributed by atoms with Crippen molar-refractivity contribution >= 4 is 18.3 Å². The first-order valence-corrected chi connectivity index (χ1v) is 11.6. The Morgan fingerprint density at radius 3 is 2.24 bits per heavy atom. The third kappa shape index (κ3) is 4.64. The Morgan fingerprint density at radius 2 is 1.76 bits per heavy atom. The van der Waals surface area contributed by atoms with E-state index in [4.69, 9.17) is 4.53 Å². The van der Waals surface area contributed by atoms with Gasteiger partial charge in [0.2, 0.25) is 8.32 Å². The molecular formula is C15H27NO3SSi. The van der Waals surface area contributed by atoms with E-state index in [0.29, 0.717) is 0 Å². The quantitative estimate of drug-likeness (QED) is 0.655. The van der Waals surface area contributed by atoms with Gasteiger partial charge in [-0.2, -0.15) is 0 Å². The van der Waals surface area contributed by atoms with Crippen LogP contribution in [0, 0.1) is 0 Å². The van der Waals surface area contributed by atoms with Gasteiger partial charge in [-0.1, -0.05) is 46.8 Å². The molecule has 1 aromatic rings. The van der Waals surface area contributed by atoms with E-state index >= 15 is 0 Å². The van der Waals surface area contributed by atoms with Crippen molar-refractivity contribution in [2.24, 2.45) is 0 Å². The number of rotatable bonds is 5. The zero-order chi connectivity index (χ0) is 16.5. The van der Waals surface area contributed by atoms with E-state index in [2.05, 4.69) is 25.7 Å². The molecule has 1 N–H and O–H groups in total. The Kier molecular flexibility index (Phi) is 5.42. The number of benzene rings is 1. The minimum Gasteiger partial charge on any atom is -0.331 e. The van der Waals surface area contributed by atoms with Gasteiger partial charge in [0.1, 0.15) is 0 Å². The van der Waals surface area contributed by atoms with Crippen LogP contribution in [0.2, 0.25) is 18.1 Å². The lowest BCUT2D eigenvalue weighted by atomic mass is 10.0. The first-order valence-electron chi connectivity index (χ1n) is 7.16. The van der Waals surface area contributed by atoms with Gasteiger partial charge in [-0.25, -0.2) is 8.42 Å². The van der Waals surface area contributed by atoms with Gasteiger partial charge < -0.3 is 4.53 Å². The summed E-state index contributed by atoms with van der Waals surface area (Å²) in [4.78, 5) is 2.57. The molecule has 0 fully saturated rings. The molecule has 0 aliphatic heterocycles. The number of sulfonamides is 1. The summed E-state index contributed by atoms with van der Waals surface area (Å²) in [7, 11) is -5.82. The highest BCUT2D eigenvalue weighted by molar-refractivity contribution is 7.89. The van der Waals surface area contributed by atoms with E-state index in [0.717, 1.165) is 5.56 Å². The molecular weight excluding hydrogens is 302 g/mol. The normalized spacial score (nSPS) is 13.7. The van der Waals surface area contributed by atoms with E-state index in [1.54, 1.807) is 18.2 Å². The molecule has 0 atom stereocenters. The molecule has 0 unspecified atom stereocenters. The highest BCUT2D eigenvalue weighted by atomic mass is 32.2. The maximum atomic E-state index is 12.4. The summed E-state index contributed by atoms with van der Waals surface area (Å²) in [5.74, 6) is 0.279. The summed E-state index contributed by atoms with van der Waals surface area (Å²) < 4.78 is 30.3. The van der Waals surface area contributed by atoms with Crippen LogP contribution in [0.5, 0.6) is 0 Å². The van der Waals surface area contributed by atoms with Crippen LogP contribution in [0.1, 0.15) is 46.1 Å². The van der Waals surface area contributed by atoms with Crippen LogP contribution in [0.25, 0.3) is 0 Å². The number of hydrogen-bond donors (Lipinski definition) is 1. The minimum absolute atomic E-state index is 0.0602. The smallest absolute Gasteiger partial charge is 0.261 e. The second kappa shape index (κ2) is 6.20. The fraction of sp³-hybridized carbons (Fsp3) is 0.600. The van der Waals surface area contributed by atoms with E-state index in [1.807, 2.05) is 33.0 Å². The highest BCUT2D eigenvalue weighted by Crippen LogP contribution is 2.36. The predicted octanol–water partition coefficient (Wildman–Crippen LogP) is 4.03. The molecule has 0 spiro atoms. The van der Waals surface area contributed by atoms with Crippen LogP contribution in [0.3, 0.4) is 0 Å². The van der Waals surface area contributed by atoms with Crippen molar-refractivity contribution in [3.8, 4) is 0 Å². The second-order valence-electron chi connectivity index (χ2n) is 7.18. The van der Waals surface area contributed by atoms with Gasteiger partial charge in [-0.3, -0.25) is 0 Å². The molecule has 1 rings (SSSR count). The second-order valence-corrected chi connectivity index (χ2v) is 13.5. The third-order valence-electron chi connectivity index (χ3n) is 4.05. The van der Waals surface area contributed by atoms with Gasteiger partial charge in [0, 0.05) is 0 Å². The molecule has 0 heterocycles. The third-order valence-corrected chi connectivity index (χ3v) is 9.60. The van der Waals surface area contributed by atoms with Crippen LogP contribution >= 0.6 is 0 Å². The zero-order valence-corrected chi connectivity index (χ0v) is 15.8. The molecule has 21 heavy (non-hydrogen) atoms. The Morgan fingerprint density at radius 1 is 1.19 bits per heavy atom. The topological polar surface area (TPSA) is 55.4 Å². The summed E-state index contributed by atoms with van der Waals surface area (Å²) in [6, 6.07) is 6.97. The first kappa shape index (κ1) is 18.4. The molecule has 0 aliphatic carbocycles. The van der Waals surface area contributed by atoms with Gasteiger partial charge in [0.15, 0.2) is 0 Å². The largest absolute Gasteiger partial charge is 0.331 e. The molecule has 0 radical (unpaired) electrons. The van der Waals surface area contributed by atoms with Gasteiger partial charge in [-0.15, -0.1) is 4.89 Å². The van der Waals surface area contributed by atoms with E-state index in [9.17, 15) is 8.42 Å². The fourth-order valence-electron chi connectivity index (χ4n) is 1.40. The molecule has 4 nitrogen and oxygen atoms in total. The Labute approximate surface area is 130 Å². The highest BCUT2D eigenvalue weighted by Gasteiger charge is 2.39. The molecule has 0 bridgehead atoms. The van der Waals surface area contributed by atoms with Crippen LogP contribution in [0.4, 0.5) is 0 Å². The van der Waals surface area contributed by atoms with Crippen molar-refractivity contribution < 1.29 is 12.9 Å². The van der Waals surface area contributed by atoms with Crippen LogP contribution in [0.15, 0.2) is 29.2 Å². The Balaban J connectivity index is 2.96. The van der Waals surface area contributed by atoms with Crippen molar-refractivity contribution in [2.45, 2.75) is 63.6 Å². The van der Waals surface area contributed by atoms with E-state index < -0.39 is 18.3 Å². The van der Waals surface area contributed by atoms with Crippen molar-refractivity contribution in [3.63, 3.8) is 0 Å². The van der Waals surface area contributed by atoms with Gasteiger partial charge >= 0.3 is 0 Å². The number of nitrogens with one attached hydrogen (secondary N) is 1. The Bertz CT molecular complexity index is 589. The average Bonchev–Trinajstić information content (AvgIpc) is 2.35. The lowest BCUT2D eigenvalue weighted by Gasteiger charge is -2.35. The van der Waals surface area contributed by atoms with Gasteiger partial charge in [0.05, 0.1) is 4.90 Å². The average molecular weight is 330 g/mol. The summed E-state index contributed by atoms with van der Waals surface area (Å²) in [5, 5.41) is -0.0602. The predicted molar refractivity (Wildman–Crippen MR) is 89.1 cm³/mol. The lowest BCUT2D eigenvalue weighted by molar-refractivity contribution is 0.242. The van der Waals surface area contributed by atoms with Gasteiger partial charge in [-0.05, 0) is 41.7 Å². The van der Waals surface area contributed by atoms with Crippen molar-refractivity contribution in [2.75, 3.05) is 0 Å². The summed E-state index contributed by atoms with van der Waals surface area (Å²) in [5.41, 5.74) is 0.991. The van der Waals surface area contributed by atoms with Crippen LogP contribution < -0.4 is 4.89 Å². The molecule has 0 amide bonds. The van der Waals surface area contributed by atoms with E-state index in [-0.39, 0.29) is 15.9 Å². The number of hydrogen-bond acceptors (Lipinski definition) is 3. The zero-order valence-electron chi connectivity index (χ0n) is 14.0. The molecule has 0 saturated heterocycles. The van der Waals surface area contributed by atoms with Crippen LogP contribution in [-0.4, -0.2) is 16.7 Å². The van der Waals surface area contributed by atoms with Gasteiger partial charge in [0.25, 0.3) is 10.0 Å². The molecule has 120 valence electrons. The molecule has 6 heteroatoms. The van der Waals surface area contributed by atoms with Crippen molar-refractivity contribution in [3.05, 3.63) is 29.8 Å². The molecule has 1 aromatic carbocycles. The van der Waals surface area contributed by atoms with Crippen molar-refractivity contribution in [1.29, 1.82) is 0 Å². The molecule has 0 saturated carbocycles. The maximum Gasteiger partial charge on any atom is 0.261 e. The van der Waals surface area contributed by atoms with Crippen LogP contribution in [-0.2, 0) is 14.6 Å². The van der Waals surface area contributed by atoms with Crippen molar-refractivity contribution in [1.82, 2.24) is 4.89 Å². The standard InChI is InChI=1S/C15H27NO3SSi/c1-12(2)13-9-8-10-14(11-13)20(17,18)16-19-21(6,7)15(3,4)5/h8-12,16H,1-7H3. The summed E-state index contributed by atoms with van der Waals surface area (Å²) in [6.07, 6.45) is 0. The molecule has 0 aromatic heterocycles. The fourth-order valence-corrected chi connectivity index (χ4v) is 3.62.